The molecule has 0 aliphatic heterocycles. The smallest absolute Gasteiger partial charge is 0.337 e. The van der Waals surface area contributed by atoms with E-state index in [4.69, 9.17) is 23.2 Å². The molecule has 0 atom stereocenters. The Labute approximate surface area is 192 Å². The first kappa shape index (κ1) is 23.6. The molecular formula is C23H17Cl2F2NO4. The molecule has 0 fully saturated rings. The minimum absolute atomic E-state index is 0.136. The molecule has 0 aliphatic carbocycles. The third-order valence-electron chi connectivity index (χ3n) is 4.83. The van der Waals surface area contributed by atoms with E-state index < -0.39 is 34.5 Å². The fourth-order valence-electron chi connectivity index (χ4n) is 3.14. The molecule has 166 valence electrons. The Hall–Kier alpha value is -3.03. The quantitative estimate of drug-likeness (QED) is 0.346. The largest absolute Gasteiger partial charge is 0.465 e. The lowest BCUT2D eigenvalue weighted by Gasteiger charge is -2.20. The van der Waals surface area contributed by atoms with E-state index in [-0.39, 0.29) is 23.0 Å². The first-order chi connectivity index (χ1) is 15.2. The molecule has 0 radical (unpaired) electrons. The lowest BCUT2D eigenvalue weighted by molar-refractivity contribution is 0.00640. The van der Waals surface area contributed by atoms with Crippen LogP contribution in [0.15, 0.2) is 65.5 Å². The van der Waals surface area contributed by atoms with Gasteiger partial charge in [-0.3, -0.25) is 9.59 Å². The fourth-order valence-corrected chi connectivity index (χ4v) is 3.70. The Morgan fingerprint density at radius 1 is 1.00 bits per heavy atom. The number of benzene rings is 2. The van der Waals surface area contributed by atoms with Gasteiger partial charge in [0.05, 0.1) is 17.7 Å². The number of methoxy groups -OCH3 is 1. The normalized spacial score (nSPS) is 11.3. The van der Waals surface area contributed by atoms with Crippen molar-refractivity contribution in [2.75, 3.05) is 7.11 Å². The number of halogens is 4. The number of rotatable bonds is 7. The molecule has 9 heteroatoms. The van der Waals surface area contributed by atoms with Crippen LogP contribution >= 0.6 is 23.2 Å². The van der Waals surface area contributed by atoms with Crippen molar-refractivity contribution in [1.29, 1.82) is 0 Å². The molecule has 0 N–H and O–H groups in total. The molecule has 0 saturated heterocycles. The van der Waals surface area contributed by atoms with Crippen LogP contribution in [0, 0.1) is 0 Å². The molecule has 5 nitrogen and oxygen atoms in total. The van der Waals surface area contributed by atoms with Gasteiger partial charge in [-0.2, -0.15) is 8.78 Å². The fraction of sp³-hybridized carbons (Fsp3) is 0.174. The monoisotopic (exact) mass is 479 g/mol. The lowest BCUT2D eigenvalue weighted by atomic mass is 10.0. The number of aromatic nitrogens is 1. The summed E-state index contributed by atoms with van der Waals surface area (Å²) >= 11 is 12.0. The van der Waals surface area contributed by atoms with Crippen LogP contribution in [-0.2, 0) is 23.6 Å². The maximum Gasteiger partial charge on any atom is 0.337 e. The first-order valence-electron chi connectivity index (χ1n) is 9.41. The topological polar surface area (TPSA) is 65.4 Å². The highest BCUT2D eigenvalue weighted by atomic mass is 35.5. The molecule has 0 unspecified atom stereocenters. The van der Waals surface area contributed by atoms with Crippen LogP contribution in [0.4, 0.5) is 8.78 Å². The molecule has 0 aliphatic rings. The van der Waals surface area contributed by atoms with Gasteiger partial charge in [0.2, 0.25) is 0 Å². The van der Waals surface area contributed by atoms with Gasteiger partial charge in [-0.1, -0.05) is 65.7 Å². The predicted octanol–water partition coefficient (Wildman–Crippen LogP) is 5.16. The highest BCUT2D eigenvalue weighted by molar-refractivity contribution is 6.36. The Bertz CT molecular complexity index is 1210. The van der Waals surface area contributed by atoms with E-state index in [9.17, 15) is 23.2 Å². The van der Waals surface area contributed by atoms with E-state index in [0.717, 1.165) is 22.8 Å². The molecule has 0 amide bonds. The second-order valence-corrected chi connectivity index (χ2v) is 7.67. The van der Waals surface area contributed by atoms with E-state index in [1.807, 2.05) is 0 Å². The Morgan fingerprint density at radius 2 is 1.62 bits per heavy atom. The zero-order chi connectivity index (χ0) is 23.5. The number of hydrogen-bond acceptors (Lipinski definition) is 4. The van der Waals surface area contributed by atoms with Crippen LogP contribution in [0.25, 0.3) is 0 Å². The number of carbonyl (C=O) groups is 2. The van der Waals surface area contributed by atoms with Crippen molar-refractivity contribution in [3.8, 4) is 0 Å². The van der Waals surface area contributed by atoms with Crippen molar-refractivity contribution >= 4 is 35.0 Å². The zero-order valence-corrected chi connectivity index (χ0v) is 18.3. The van der Waals surface area contributed by atoms with Crippen LogP contribution in [-0.4, -0.2) is 23.4 Å². The van der Waals surface area contributed by atoms with E-state index >= 15 is 0 Å². The SMILES string of the molecule is COC(=O)c1ccc(CCn2c(C(=O)C(F)(F)c3ccccc3)c(Cl)cc(Cl)c2=O)cc1. The van der Waals surface area contributed by atoms with Crippen molar-refractivity contribution in [3.05, 3.63) is 103 Å². The van der Waals surface area contributed by atoms with Crippen LogP contribution in [0.1, 0.15) is 32.0 Å². The van der Waals surface area contributed by atoms with Gasteiger partial charge in [-0.15, -0.1) is 0 Å². The van der Waals surface area contributed by atoms with E-state index in [0.29, 0.717) is 11.1 Å². The molecule has 1 aromatic heterocycles. The van der Waals surface area contributed by atoms with Crippen LogP contribution in [0.2, 0.25) is 10.0 Å². The molecule has 1 heterocycles. The predicted molar refractivity (Wildman–Crippen MR) is 117 cm³/mol. The number of pyridine rings is 1. The van der Waals surface area contributed by atoms with Gasteiger partial charge >= 0.3 is 11.9 Å². The summed E-state index contributed by atoms with van der Waals surface area (Å²) < 4.78 is 35.4. The average molecular weight is 480 g/mol. The van der Waals surface area contributed by atoms with Crippen LogP contribution in [0.3, 0.4) is 0 Å². The number of Topliss-reactive ketones (excluding diaryl/α,β-unsaturated/α-hetero) is 1. The summed E-state index contributed by atoms with van der Waals surface area (Å²) in [6.07, 6.45) is 0.190. The van der Waals surface area contributed by atoms with E-state index in [1.165, 1.54) is 31.4 Å². The van der Waals surface area contributed by atoms with Crippen molar-refractivity contribution < 1.29 is 23.1 Å². The Morgan fingerprint density at radius 3 is 2.22 bits per heavy atom. The molecular weight excluding hydrogens is 463 g/mol. The first-order valence-corrected chi connectivity index (χ1v) is 10.2. The maximum absolute atomic E-state index is 14.9. The number of alkyl halides is 2. The molecule has 32 heavy (non-hydrogen) atoms. The second kappa shape index (κ2) is 9.63. The number of nitrogens with zero attached hydrogens (tertiary/aromatic N) is 1. The van der Waals surface area contributed by atoms with Crippen LogP contribution < -0.4 is 5.56 Å². The summed E-state index contributed by atoms with van der Waals surface area (Å²) in [7, 11) is 1.26. The Balaban J connectivity index is 1.97. The molecule has 0 spiro atoms. The molecule has 2 aromatic carbocycles. The zero-order valence-electron chi connectivity index (χ0n) is 16.8. The van der Waals surface area contributed by atoms with Gasteiger partial charge < -0.3 is 9.30 Å². The number of carbonyl (C=O) groups excluding carboxylic acids is 2. The third kappa shape index (κ3) is 4.74. The summed E-state index contributed by atoms with van der Waals surface area (Å²) in [5.74, 6) is -6.02. The molecule has 3 aromatic rings. The lowest BCUT2D eigenvalue weighted by Crippen LogP contribution is -2.34. The van der Waals surface area contributed by atoms with E-state index in [2.05, 4.69) is 4.74 Å². The van der Waals surface area contributed by atoms with Crippen molar-refractivity contribution in [2.45, 2.75) is 18.9 Å². The highest BCUT2D eigenvalue weighted by Crippen LogP contribution is 2.34. The van der Waals surface area contributed by atoms with Crippen molar-refractivity contribution in [1.82, 2.24) is 4.57 Å². The maximum atomic E-state index is 14.9. The van der Waals surface area contributed by atoms with E-state index in [1.54, 1.807) is 18.2 Å². The van der Waals surface area contributed by atoms with Crippen LogP contribution in [0.5, 0.6) is 0 Å². The third-order valence-corrected chi connectivity index (χ3v) is 5.39. The van der Waals surface area contributed by atoms with Gasteiger partial charge in [0.25, 0.3) is 11.3 Å². The van der Waals surface area contributed by atoms with Crippen molar-refractivity contribution in [3.63, 3.8) is 0 Å². The number of aryl methyl sites for hydroxylation is 1. The summed E-state index contributed by atoms with van der Waals surface area (Å²) in [4.78, 5) is 37.0. The van der Waals surface area contributed by atoms with Gasteiger partial charge in [-0.05, 0) is 30.2 Å². The number of hydrogen-bond donors (Lipinski definition) is 0. The van der Waals surface area contributed by atoms with Gasteiger partial charge in [0.1, 0.15) is 10.7 Å². The number of ketones is 1. The molecule has 0 saturated carbocycles. The average Bonchev–Trinajstić information content (AvgIpc) is 2.80. The number of ether oxygens (including phenoxy) is 1. The summed E-state index contributed by atoms with van der Waals surface area (Å²) in [6.45, 7) is -0.136. The highest BCUT2D eigenvalue weighted by Gasteiger charge is 2.43. The second-order valence-electron chi connectivity index (χ2n) is 6.85. The van der Waals surface area contributed by atoms with Gasteiger partial charge in [0, 0.05) is 12.1 Å². The standard InChI is InChI=1S/C23H17Cl2F2NO4/c1-32-22(31)15-9-7-14(8-10-15)11-12-28-19(17(24)13-18(25)21(28)30)20(29)23(26,27)16-5-3-2-4-6-16/h2-10,13H,11-12H2,1H3. The van der Waals surface area contributed by atoms with Gasteiger partial charge in [0.15, 0.2) is 0 Å². The summed E-state index contributed by atoms with van der Waals surface area (Å²) in [5, 5.41) is -0.646. The molecule has 0 bridgehead atoms. The Kier molecular flexibility index (Phi) is 7.11. The molecule has 3 rings (SSSR count). The minimum Gasteiger partial charge on any atom is -0.465 e. The minimum atomic E-state index is -3.91. The summed E-state index contributed by atoms with van der Waals surface area (Å²) in [6, 6.07) is 13.8. The number of esters is 1. The van der Waals surface area contributed by atoms with Gasteiger partial charge in [-0.25, -0.2) is 4.79 Å². The van der Waals surface area contributed by atoms with Crippen molar-refractivity contribution in [2.24, 2.45) is 0 Å². The summed E-state index contributed by atoms with van der Waals surface area (Å²) in [5.41, 5.74) is -0.935.